The summed E-state index contributed by atoms with van der Waals surface area (Å²) in [6.45, 7) is 0. The van der Waals surface area contributed by atoms with Gasteiger partial charge in [0.05, 0.1) is 16.5 Å². The summed E-state index contributed by atoms with van der Waals surface area (Å²) in [5.41, 5.74) is 0.648. The first-order valence-electron chi connectivity index (χ1n) is 9.53. The highest BCUT2D eigenvalue weighted by Gasteiger charge is 2.29. The number of fused-ring (bicyclic) bond motifs is 1. The Balaban J connectivity index is 1.68. The van der Waals surface area contributed by atoms with Crippen LogP contribution in [0.3, 0.4) is 0 Å². The number of rotatable bonds is 10. The Bertz CT molecular complexity index is 977. The van der Waals surface area contributed by atoms with E-state index < -0.39 is 17.5 Å². The van der Waals surface area contributed by atoms with Gasteiger partial charge >= 0.3 is 5.97 Å². The van der Waals surface area contributed by atoms with Gasteiger partial charge in [0.25, 0.3) is 0 Å². The molecule has 2 unspecified atom stereocenters. The molecule has 29 heavy (non-hydrogen) atoms. The summed E-state index contributed by atoms with van der Waals surface area (Å²) in [6, 6.07) is 21.2. The summed E-state index contributed by atoms with van der Waals surface area (Å²) in [5, 5.41) is 21.9. The number of aryl methyl sites for hydroxylation is 1. The number of hydrogen-bond donors (Lipinski definition) is 2. The molecule has 4 nitrogen and oxygen atoms in total. The van der Waals surface area contributed by atoms with E-state index in [-0.39, 0.29) is 14.2 Å². The number of phenolic OH excluding ortho intramolecular Hbond substituents is 1. The van der Waals surface area contributed by atoms with Crippen molar-refractivity contribution in [2.24, 2.45) is 5.92 Å². The lowest BCUT2D eigenvalue weighted by atomic mass is 9.97. The molecular formula is C23H23O4PS. The van der Waals surface area contributed by atoms with E-state index in [1.165, 1.54) is 17.3 Å². The molecular weight excluding hydrogens is 403 g/mol. The summed E-state index contributed by atoms with van der Waals surface area (Å²) in [4.78, 5) is 12.5. The average Bonchev–Trinajstić information content (AvgIpc) is 2.74. The fraction of sp³-hybridized carbons (Fsp3) is 0.261. The lowest BCUT2D eigenvalue weighted by Crippen LogP contribution is -2.26. The van der Waals surface area contributed by atoms with Crippen LogP contribution in [0.4, 0.5) is 0 Å². The van der Waals surface area contributed by atoms with Crippen molar-refractivity contribution in [1.82, 2.24) is 0 Å². The Labute approximate surface area is 176 Å². The van der Waals surface area contributed by atoms with Gasteiger partial charge in [-0.1, -0.05) is 60.7 Å². The van der Waals surface area contributed by atoms with Gasteiger partial charge in [-0.3, -0.25) is 9.36 Å². The molecule has 0 spiro atoms. The Hall–Kier alpha value is -2.36. The number of carbonyl (C=O) groups is 1. The number of hydrogen-bond acceptors (Lipinski definition) is 4. The van der Waals surface area contributed by atoms with Crippen LogP contribution in [0.25, 0.3) is 10.8 Å². The molecule has 0 amide bonds. The maximum atomic E-state index is 11.8. The molecule has 0 heterocycles. The fourth-order valence-corrected chi connectivity index (χ4v) is 5.44. The molecule has 0 saturated heterocycles. The minimum Gasteiger partial charge on any atom is -0.507 e. The van der Waals surface area contributed by atoms with Crippen molar-refractivity contribution >= 4 is 37.0 Å². The van der Waals surface area contributed by atoms with E-state index in [1.54, 1.807) is 6.07 Å². The van der Waals surface area contributed by atoms with Crippen LogP contribution in [-0.4, -0.2) is 27.6 Å². The van der Waals surface area contributed by atoms with Gasteiger partial charge in [0.2, 0.25) is 0 Å². The highest BCUT2D eigenvalue weighted by Crippen LogP contribution is 2.38. The number of carboxylic acid groups (broad SMARTS) is 1. The van der Waals surface area contributed by atoms with Gasteiger partial charge in [0.1, 0.15) is 5.75 Å². The summed E-state index contributed by atoms with van der Waals surface area (Å²) in [7, 11) is -0.179. The zero-order valence-electron chi connectivity index (χ0n) is 15.9. The van der Waals surface area contributed by atoms with E-state index >= 15 is 0 Å². The highest BCUT2D eigenvalue weighted by molar-refractivity contribution is 7.99. The summed E-state index contributed by atoms with van der Waals surface area (Å²) in [6.07, 6.45) is 1.98. The first kappa shape index (κ1) is 21.4. The summed E-state index contributed by atoms with van der Waals surface area (Å²) < 4.78 is 11.8. The average molecular weight is 426 g/mol. The van der Waals surface area contributed by atoms with E-state index in [0.29, 0.717) is 17.1 Å². The van der Waals surface area contributed by atoms with E-state index in [4.69, 9.17) is 0 Å². The molecule has 2 N–H and O–H groups in total. The molecule has 0 aliphatic heterocycles. The van der Waals surface area contributed by atoms with Crippen molar-refractivity contribution < 1.29 is 19.6 Å². The zero-order valence-corrected chi connectivity index (χ0v) is 17.6. The Morgan fingerprint density at radius 3 is 2.45 bits per heavy atom. The van der Waals surface area contributed by atoms with Crippen LogP contribution in [0.5, 0.6) is 5.75 Å². The lowest BCUT2D eigenvalue weighted by molar-refractivity contribution is -0.141. The van der Waals surface area contributed by atoms with Crippen LogP contribution < -0.4 is 0 Å². The van der Waals surface area contributed by atoms with Crippen LogP contribution in [0.1, 0.15) is 18.4 Å². The minimum atomic E-state index is -0.922. The Morgan fingerprint density at radius 1 is 1.00 bits per heavy atom. The van der Waals surface area contributed by atoms with Crippen LogP contribution >= 0.6 is 20.2 Å². The van der Waals surface area contributed by atoms with E-state index in [9.17, 15) is 19.6 Å². The Kier molecular flexibility index (Phi) is 7.68. The molecule has 0 aromatic heterocycles. The number of benzene rings is 3. The number of carboxylic acids is 1. The minimum absolute atomic E-state index is 0.158. The topological polar surface area (TPSA) is 74.6 Å². The van der Waals surface area contributed by atoms with Crippen molar-refractivity contribution in [3.63, 3.8) is 0 Å². The summed E-state index contributed by atoms with van der Waals surface area (Å²) >= 11 is 1.36. The van der Waals surface area contributed by atoms with Crippen molar-refractivity contribution in [3.05, 3.63) is 72.3 Å². The van der Waals surface area contributed by atoms with Crippen LogP contribution in [0.15, 0.2) is 71.6 Å². The van der Waals surface area contributed by atoms with Gasteiger partial charge in [0.15, 0.2) is 8.46 Å². The maximum Gasteiger partial charge on any atom is 0.307 e. The molecule has 0 saturated carbocycles. The molecule has 3 aromatic carbocycles. The monoisotopic (exact) mass is 426 g/mol. The third kappa shape index (κ3) is 5.59. The first-order chi connectivity index (χ1) is 14.1. The smallest absolute Gasteiger partial charge is 0.307 e. The molecule has 0 radical (unpaired) electrons. The molecule has 0 fully saturated rings. The molecule has 0 bridgehead atoms. The second-order valence-corrected chi connectivity index (χ2v) is 8.85. The van der Waals surface area contributed by atoms with Crippen LogP contribution in [-0.2, 0) is 15.8 Å². The van der Waals surface area contributed by atoms with Crippen LogP contribution in [0.2, 0.25) is 0 Å². The quantitative estimate of drug-likeness (QED) is 0.306. The number of aliphatic carboxylic acids is 1. The molecule has 3 aromatic rings. The standard InChI is InChI=1S/C23H23O4PS/c24-20-14-13-17-10-4-5-11-18(17)22(20)29-15-21(28-27)19(23(25)26)12-6-9-16-7-2-1-3-8-16/h1-5,7-8,10-11,13-14,19,21,24H,6,9,12,15H2,(H,25,26). The highest BCUT2D eigenvalue weighted by atomic mass is 32.2. The largest absolute Gasteiger partial charge is 0.507 e. The third-order valence-electron chi connectivity index (χ3n) is 5.00. The number of phenols is 1. The molecule has 6 heteroatoms. The molecule has 3 rings (SSSR count). The van der Waals surface area contributed by atoms with Crippen molar-refractivity contribution in [2.75, 3.05) is 5.75 Å². The fourth-order valence-electron chi connectivity index (χ4n) is 3.42. The number of thioether (sulfide) groups is 1. The predicted octanol–water partition coefficient (Wildman–Crippen LogP) is 6.02. The molecule has 0 aliphatic carbocycles. The van der Waals surface area contributed by atoms with E-state index in [0.717, 1.165) is 23.6 Å². The van der Waals surface area contributed by atoms with Gasteiger partial charge in [0, 0.05) is 5.75 Å². The van der Waals surface area contributed by atoms with Gasteiger partial charge in [-0.25, -0.2) is 0 Å². The second-order valence-electron chi connectivity index (χ2n) is 6.94. The normalized spacial score (nSPS) is 13.4. The van der Waals surface area contributed by atoms with E-state index in [1.807, 2.05) is 60.7 Å². The molecule has 2 atom stereocenters. The summed E-state index contributed by atoms with van der Waals surface area (Å²) in [5.74, 6) is -1.10. The van der Waals surface area contributed by atoms with E-state index in [2.05, 4.69) is 0 Å². The van der Waals surface area contributed by atoms with Crippen molar-refractivity contribution in [2.45, 2.75) is 29.8 Å². The van der Waals surface area contributed by atoms with Gasteiger partial charge in [-0.05, 0) is 41.7 Å². The van der Waals surface area contributed by atoms with Crippen molar-refractivity contribution in [1.29, 1.82) is 0 Å². The predicted molar refractivity (Wildman–Crippen MR) is 118 cm³/mol. The number of aromatic hydroxyl groups is 1. The van der Waals surface area contributed by atoms with Gasteiger partial charge in [-0.2, -0.15) is 0 Å². The maximum absolute atomic E-state index is 11.8. The molecule has 150 valence electrons. The lowest BCUT2D eigenvalue weighted by Gasteiger charge is -2.19. The second kappa shape index (κ2) is 10.4. The third-order valence-corrected chi connectivity index (χ3v) is 7.30. The van der Waals surface area contributed by atoms with Crippen molar-refractivity contribution in [3.8, 4) is 5.75 Å². The zero-order chi connectivity index (χ0) is 20.6. The Morgan fingerprint density at radius 2 is 1.72 bits per heavy atom. The van der Waals surface area contributed by atoms with Gasteiger partial charge < -0.3 is 10.2 Å². The molecule has 0 aliphatic rings. The first-order valence-corrected chi connectivity index (χ1v) is 11.4. The van der Waals surface area contributed by atoms with Gasteiger partial charge in [-0.15, -0.1) is 11.8 Å². The SMILES string of the molecule is O=PC(CSc1c(O)ccc2ccccc12)C(CCCc1ccccc1)C(=O)O. The van der Waals surface area contributed by atoms with Crippen LogP contribution in [0, 0.1) is 5.92 Å².